The van der Waals surface area contributed by atoms with Crippen molar-refractivity contribution in [3.8, 4) is 0 Å². The topological polar surface area (TPSA) is 61.4 Å². The first-order chi connectivity index (χ1) is 10.1. The lowest BCUT2D eigenvalue weighted by Crippen LogP contribution is -2.48. The summed E-state index contributed by atoms with van der Waals surface area (Å²) in [5, 5.41) is 7.13. The maximum atomic E-state index is 11.8. The fraction of sp³-hybridized carbons (Fsp3) is 0.600. The molecule has 6 heteroatoms. The first-order valence-electron chi connectivity index (χ1n) is 7.49. The molecule has 0 aromatic carbocycles. The fourth-order valence-corrected chi connectivity index (χ4v) is 3.25. The van der Waals surface area contributed by atoms with Crippen molar-refractivity contribution in [2.45, 2.75) is 38.6 Å². The van der Waals surface area contributed by atoms with Gasteiger partial charge in [-0.2, -0.15) is 0 Å². The first-order valence-corrected chi connectivity index (χ1v) is 8.37. The number of amides is 3. The van der Waals surface area contributed by atoms with Gasteiger partial charge in [0.25, 0.3) is 0 Å². The maximum Gasteiger partial charge on any atom is 0.321 e. The average Bonchev–Trinajstić information content (AvgIpc) is 2.94. The van der Waals surface area contributed by atoms with Crippen molar-refractivity contribution in [2.24, 2.45) is 0 Å². The Labute approximate surface area is 129 Å². The molecule has 1 aromatic heterocycles. The number of hydrogen-bond donors (Lipinski definition) is 2. The molecule has 1 aromatic rings. The molecule has 0 saturated carbocycles. The van der Waals surface area contributed by atoms with Crippen LogP contribution in [0.25, 0.3) is 0 Å². The SMILES string of the molecule is CC1CCCCN1CC(=O)NC(=O)NCCc1cccs1. The summed E-state index contributed by atoms with van der Waals surface area (Å²) in [6.45, 7) is 3.92. The summed E-state index contributed by atoms with van der Waals surface area (Å²) in [6.07, 6.45) is 4.27. The number of carbonyl (C=O) groups is 2. The van der Waals surface area contributed by atoms with Gasteiger partial charge in [-0.1, -0.05) is 12.5 Å². The second-order valence-electron chi connectivity index (χ2n) is 5.45. The molecule has 2 rings (SSSR count). The summed E-state index contributed by atoms with van der Waals surface area (Å²) in [5.74, 6) is -0.225. The minimum absolute atomic E-state index is 0.225. The molecule has 1 aliphatic rings. The number of imide groups is 1. The molecule has 1 saturated heterocycles. The van der Waals surface area contributed by atoms with Crippen molar-refractivity contribution in [2.75, 3.05) is 19.6 Å². The molecule has 1 unspecified atom stereocenters. The van der Waals surface area contributed by atoms with Crippen molar-refractivity contribution >= 4 is 23.3 Å². The zero-order valence-electron chi connectivity index (χ0n) is 12.4. The summed E-state index contributed by atoms with van der Waals surface area (Å²) in [6, 6.07) is 4.05. The molecule has 2 N–H and O–H groups in total. The predicted octanol–water partition coefficient (Wildman–Crippen LogP) is 1.99. The van der Waals surface area contributed by atoms with Gasteiger partial charge in [-0.3, -0.25) is 15.0 Å². The molecular formula is C15H23N3O2S. The van der Waals surface area contributed by atoms with E-state index in [-0.39, 0.29) is 5.91 Å². The number of piperidine rings is 1. The predicted molar refractivity (Wildman–Crippen MR) is 84.5 cm³/mol. The number of hydrogen-bond acceptors (Lipinski definition) is 4. The van der Waals surface area contributed by atoms with Crippen molar-refractivity contribution in [1.82, 2.24) is 15.5 Å². The Morgan fingerprint density at radius 3 is 3.00 bits per heavy atom. The van der Waals surface area contributed by atoms with Crippen LogP contribution >= 0.6 is 11.3 Å². The van der Waals surface area contributed by atoms with Crippen LogP contribution in [0.2, 0.25) is 0 Å². The third-order valence-electron chi connectivity index (χ3n) is 3.78. The third-order valence-corrected chi connectivity index (χ3v) is 4.71. The quantitative estimate of drug-likeness (QED) is 0.874. The van der Waals surface area contributed by atoms with Crippen LogP contribution in [0.15, 0.2) is 17.5 Å². The molecule has 2 heterocycles. The van der Waals surface area contributed by atoms with Gasteiger partial charge in [0, 0.05) is 17.5 Å². The Morgan fingerprint density at radius 2 is 2.29 bits per heavy atom. The second kappa shape index (κ2) is 8.14. The van der Waals surface area contributed by atoms with Gasteiger partial charge in [0.2, 0.25) is 5.91 Å². The Kier molecular flexibility index (Phi) is 6.20. The zero-order chi connectivity index (χ0) is 15.1. The summed E-state index contributed by atoms with van der Waals surface area (Å²) < 4.78 is 0. The van der Waals surface area contributed by atoms with E-state index in [1.54, 1.807) is 11.3 Å². The molecule has 116 valence electrons. The van der Waals surface area contributed by atoms with Gasteiger partial charge in [-0.25, -0.2) is 4.79 Å². The van der Waals surface area contributed by atoms with Crippen molar-refractivity contribution in [1.29, 1.82) is 0 Å². The van der Waals surface area contributed by atoms with Crippen molar-refractivity contribution in [3.05, 3.63) is 22.4 Å². The lowest BCUT2D eigenvalue weighted by molar-refractivity contribution is -0.122. The van der Waals surface area contributed by atoms with E-state index in [0.29, 0.717) is 19.1 Å². The molecule has 5 nitrogen and oxygen atoms in total. The Balaban J connectivity index is 1.63. The van der Waals surface area contributed by atoms with E-state index in [0.717, 1.165) is 25.8 Å². The number of carbonyl (C=O) groups excluding carboxylic acids is 2. The van der Waals surface area contributed by atoms with E-state index >= 15 is 0 Å². The Hall–Kier alpha value is -1.40. The van der Waals surface area contributed by atoms with Crippen LogP contribution in [0.4, 0.5) is 4.79 Å². The Morgan fingerprint density at radius 1 is 1.43 bits per heavy atom. The molecule has 0 bridgehead atoms. The summed E-state index contributed by atoms with van der Waals surface area (Å²) in [5.41, 5.74) is 0. The van der Waals surface area contributed by atoms with Gasteiger partial charge < -0.3 is 5.32 Å². The maximum absolute atomic E-state index is 11.8. The van der Waals surface area contributed by atoms with Gasteiger partial charge in [0.15, 0.2) is 0 Å². The minimum Gasteiger partial charge on any atom is -0.337 e. The van der Waals surface area contributed by atoms with E-state index < -0.39 is 6.03 Å². The van der Waals surface area contributed by atoms with E-state index in [1.807, 2.05) is 17.5 Å². The van der Waals surface area contributed by atoms with Crippen LogP contribution in [0, 0.1) is 0 Å². The van der Waals surface area contributed by atoms with Crippen LogP contribution < -0.4 is 10.6 Å². The number of likely N-dealkylation sites (tertiary alicyclic amines) is 1. The Bertz CT molecular complexity index is 461. The van der Waals surface area contributed by atoms with Gasteiger partial charge >= 0.3 is 6.03 Å². The summed E-state index contributed by atoms with van der Waals surface area (Å²) >= 11 is 1.67. The van der Waals surface area contributed by atoms with Crippen molar-refractivity contribution < 1.29 is 9.59 Å². The number of nitrogens with one attached hydrogen (secondary N) is 2. The normalized spacial score (nSPS) is 19.2. The van der Waals surface area contributed by atoms with E-state index in [1.165, 1.54) is 11.3 Å². The van der Waals surface area contributed by atoms with Crippen molar-refractivity contribution in [3.63, 3.8) is 0 Å². The van der Waals surface area contributed by atoms with Crippen LogP contribution in [0.5, 0.6) is 0 Å². The molecule has 21 heavy (non-hydrogen) atoms. The van der Waals surface area contributed by atoms with E-state index in [2.05, 4.69) is 22.5 Å². The number of thiophene rings is 1. The van der Waals surface area contributed by atoms with Gasteiger partial charge in [-0.15, -0.1) is 11.3 Å². The highest BCUT2D eigenvalue weighted by Crippen LogP contribution is 2.15. The molecule has 1 atom stereocenters. The molecule has 3 amide bonds. The van der Waals surface area contributed by atoms with Crippen LogP contribution in [-0.4, -0.2) is 42.5 Å². The molecular weight excluding hydrogens is 286 g/mol. The highest BCUT2D eigenvalue weighted by Gasteiger charge is 2.21. The second-order valence-corrected chi connectivity index (χ2v) is 6.48. The molecule has 0 aliphatic carbocycles. The lowest BCUT2D eigenvalue weighted by Gasteiger charge is -2.32. The van der Waals surface area contributed by atoms with Gasteiger partial charge in [0.1, 0.15) is 0 Å². The zero-order valence-corrected chi connectivity index (χ0v) is 13.2. The largest absolute Gasteiger partial charge is 0.337 e. The molecule has 0 spiro atoms. The summed E-state index contributed by atoms with van der Waals surface area (Å²) in [7, 11) is 0. The summed E-state index contributed by atoms with van der Waals surface area (Å²) in [4.78, 5) is 26.9. The average molecular weight is 309 g/mol. The third kappa shape index (κ3) is 5.47. The number of urea groups is 1. The van der Waals surface area contributed by atoms with Crippen LogP contribution in [-0.2, 0) is 11.2 Å². The lowest BCUT2D eigenvalue weighted by atomic mass is 10.0. The van der Waals surface area contributed by atoms with Gasteiger partial charge in [-0.05, 0) is 44.2 Å². The fourth-order valence-electron chi connectivity index (χ4n) is 2.54. The molecule has 1 fully saturated rings. The van der Waals surface area contributed by atoms with Crippen LogP contribution in [0.3, 0.4) is 0 Å². The highest BCUT2D eigenvalue weighted by atomic mass is 32.1. The number of rotatable bonds is 5. The molecule has 1 aliphatic heterocycles. The van der Waals surface area contributed by atoms with Gasteiger partial charge in [0.05, 0.1) is 6.54 Å². The number of nitrogens with zero attached hydrogens (tertiary/aromatic N) is 1. The standard InChI is InChI=1S/C15H23N3O2S/c1-12-5-2-3-9-18(12)11-14(19)17-15(20)16-8-7-13-6-4-10-21-13/h4,6,10,12H,2-3,5,7-9,11H2,1H3,(H2,16,17,19,20). The minimum atomic E-state index is -0.402. The van der Waals surface area contributed by atoms with Crippen LogP contribution in [0.1, 0.15) is 31.1 Å². The first kappa shape index (κ1) is 16.0. The highest BCUT2D eigenvalue weighted by molar-refractivity contribution is 7.09. The van der Waals surface area contributed by atoms with E-state index in [9.17, 15) is 9.59 Å². The monoisotopic (exact) mass is 309 g/mol. The smallest absolute Gasteiger partial charge is 0.321 e. The van der Waals surface area contributed by atoms with E-state index in [4.69, 9.17) is 0 Å². The molecule has 0 radical (unpaired) electrons.